The highest BCUT2D eigenvalue weighted by molar-refractivity contribution is 5.84. The second-order valence-electron chi connectivity index (χ2n) is 4.46. The van der Waals surface area contributed by atoms with Crippen LogP contribution in [-0.4, -0.2) is 31.1 Å². The summed E-state index contributed by atoms with van der Waals surface area (Å²) in [4.78, 5) is 25.5. The van der Waals surface area contributed by atoms with E-state index >= 15 is 0 Å². The van der Waals surface area contributed by atoms with Gasteiger partial charge in [0.05, 0.1) is 11.1 Å². The summed E-state index contributed by atoms with van der Waals surface area (Å²) < 4.78 is 0. The molecule has 0 aliphatic heterocycles. The first-order valence-electron chi connectivity index (χ1n) is 6.34. The number of nitro groups is 1. The highest BCUT2D eigenvalue weighted by Crippen LogP contribution is 2.16. The van der Waals surface area contributed by atoms with Gasteiger partial charge in [-0.3, -0.25) is 15.5 Å². The van der Waals surface area contributed by atoms with Crippen molar-refractivity contribution in [3.63, 3.8) is 0 Å². The van der Waals surface area contributed by atoms with E-state index in [1.54, 1.807) is 18.3 Å². The summed E-state index contributed by atoms with van der Waals surface area (Å²) in [7, 11) is 0. The second-order valence-corrected chi connectivity index (χ2v) is 4.46. The third kappa shape index (κ3) is 2.73. The zero-order valence-corrected chi connectivity index (χ0v) is 11.5. The molecule has 0 saturated heterocycles. The molecule has 2 aromatic heterocycles. The molecule has 0 unspecified atom stereocenters. The van der Waals surface area contributed by atoms with Crippen LogP contribution in [0.15, 0.2) is 35.7 Å². The first kappa shape index (κ1) is 13.6. The Bertz CT molecular complexity index is 854. The molecule has 0 fully saturated rings. The summed E-state index contributed by atoms with van der Waals surface area (Å²) >= 11 is 0. The highest BCUT2D eigenvalue weighted by Gasteiger charge is 2.06. The van der Waals surface area contributed by atoms with Gasteiger partial charge in [0, 0.05) is 12.1 Å². The van der Waals surface area contributed by atoms with Crippen LogP contribution in [0.2, 0.25) is 0 Å². The molecule has 1 aromatic carbocycles. The van der Waals surface area contributed by atoms with Gasteiger partial charge in [0.15, 0.2) is 11.5 Å². The average molecular weight is 297 g/mol. The molecule has 0 bridgehead atoms. The van der Waals surface area contributed by atoms with Crippen molar-refractivity contribution >= 4 is 28.9 Å². The molecule has 9 heteroatoms. The van der Waals surface area contributed by atoms with E-state index < -0.39 is 4.92 Å². The summed E-state index contributed by atoms with van der Waals surface area (Å²) in [6, 6.07) is 6.06. The topological polar surface area (TPSA) is 122 Å². The summed E-state index contributed by atoms with van der Waals surface area (Å²) in [5, 5.41) is 14.6. The van der Waals surface area contributed by atoms with Crippen LogP contribution >= 0.6 is 0 Å². The second kappa shape index (κ2) is 5.56. The van der Waals surface area contributed by atoms with Crippen molar-refractivity contribution in [3.8, 4) is 0 Å². The molecule has 110 valence electrons. The van der Waals surface area contributed by atoms with Crippen LogP contribution in [0.5, 0.6) is 0 Å². The Balaban J connectivity index is 1.77. The van der Waals surface area contributed by atoms with Gasteiger partial charge < -0.3 is 4.98 Å². The Morgan fingerprint density at radius 2 is 2.09 bits per heavy atom. The smallest absolute Gasteiger partial charge is 0.269 e. The molecule has 0 saturated carbocycles. The number of nitrogens with one attached hydrogen (secondary N) is 2. The lowest BCUT2D eigenvalue weighted by Crippen LogP contribution is -1.96. The van der Waals surface area contributed by atoms with Crippen LogP contribution in [0.25, 0.3) is 11.2 Å². The van der Waals surface area contributed by atoms with Gasteiger partial charge >= 0.3 is 0 Å². The van der Waals surface area contributed by atoms with Gasteiger partial charge in [-0.05, 0) is 24.6 Å². The van der Waals surface area contributed by atoms with Gasteiger partial charge in [-0.25, -0.2) is 15.0 Å². The first-order chi connectivity index (χ1) is 10.6. The van der Waals surface area contributed by atoms with Crippen molar-refractivity contribution in [2.75, 3.05) is 5.43 Å². The fraction of sp³-hybridized carbons (Fsp3) is 0.0769. The van der Waals surface area contributed by atoms with Crippen LogP contribution in [-0.2, 0) is 0 Å². The number of rotatable bonds is 4. The molecule has 22 heavy (non-hydrogen) atoms. The quantitative estimate of drug-likeness (QED) is 0.431. The summed E-state index contributed by atoms with van der Waals surface area (Å²) in [5.41, 5.74) is 4.79. The minimum atomic E-state index is -0.447. The number of anilines is 1. The number of aromatic nitrogens is 4. The third-order valence-corrected chi connectivity index (χ3v) is 2.89. The highest BCUT2D eigenvalue weighted by atomic mass is 16.6. The molecule has 2 heterocycles. The number of fused-ring (bicyclic) bond motifs is 1. The van der Waals surface area contributed by atoms with Gasteiger partial charge in [0.1, 0.15) is 17.7 Å². The largest absolute Gasteiger partial charge is 0.338 e. The maximum atomic E-state index is 10.6. The number of non-ortho nitro benzene ring substituents is 1. The third-order valence-electron chi connectivity index (χ3n) is 2.89. The summed E-state index contributed by atoms with van der Waals surface area (Å²) in [6.07, 6.45) is 2.94. The van der Waals surface area contributed by atoms with E-state index in [1.165, 1.54) is 18.5 Å². The number of H-pyrrole nitrogens is 1. The Morgan fingerprint density at radius 3 is 2.82 bits per heavy atom. The molecule has 0 spiro atoms. The van der Waals surface area contributed by atoms with Gasteiger partial charge in [-0.2, -0.15) is 5.10 Å². The lowest BCUT2D eigenvalue weighted by molar-refractivity contribution is -0.384. The predicted molar refractivity (Wildman–Crippen MR) is 80.7 cm³/mol. The van der Waals surface area contributed by atoms with Crippen molar-refractivity contribution in [1.82, 2.24) is 19.9 Å². The number of aryl methyl sites for hydroxylation is 1. The van der Waals surface area contributed by atoms with Crippen LogP contribution in [0.3, 0.4) is 0 Å². The number of hydrogen-bond donors (Lipinski definition) is 2. The summed E-state index contributed by atoms with van der Waals surface area (Å²) in [5.74, 6) is 1.24. The van der Waals surface area contributed by atoms with E-state index in [1.807, 2.05) is 6.92 Å². The van der Waals surface area contributed by atoms with E-state index in [0.29, 0.717) is 17.0 Å². The number of nitrogens with zero attached hydrogens (tertiary/aromatic N) is 5. The Kier molecular flexibility index (Phi) is 3.44. The van der Waals surface area contributed by atoms with Gasteiger partial charge in [-0.1, -0.05) is 0 Å². The minimum absolute atomic E-state index is 0.0375. The van der Waals surface area contributed by atoms with E-state index in [2.05, 4.69) is 30.5 Å². The molecular weight excluding hydrogens is 286 g/mol. The molecule has 0 radical (unpaired) electrons. The molecule has 9 nitrogen and oxygen atoms in total. The maximum Gasteiger partial charge on any atom is 0.269 e. The fourth-order valence-electron chi connectivity index (χ4n) is 1.88. The molecule has 0 amide bonds. The lowest BCUT2D eigenvalue weighted by Gasteiger charge is -1.99. The first-order valence-corrected chi connectivity index (χ1v) is 6.34. The van der Waals surface area contributed by atoms with E-state index in [0.717, 1.165) is 11.4 Å². The number of nitro benzene ring substituents is 1. The van der Waals surface area contributed by atoms with Gasteiger partial charge in [0.2, 0.25) is 0 Å². The zero-order chi connectivity index (χ0) is 15.5. The predicted octanol–water partition coefficient (Wildman–Crippen LogP) is 2.02. The Hall–Kier alpha value is -3.36. The molecule has 0 aliphatic rings. The van der Waals surface area contributed by atoms with Gasteiger partial charge in [0.25, 0.3) is 5.69 Å². The molecule has 0 aliphatic carbocycles. The van der Waals surface area contributed by atoms with Crippen LogP contribution in [0.1, 0.15) is 11.4 Å². The Morgan fingerprint density at radius 1 is 1.32 bits per heavy atom. The van der Waals surface area contributed by atoms with Crippen molar-refractivity contribution < 1.29 is 4.92 Å². The average Bonchev–Trinajstić information content (AvgIpc) is 2.89. The summed E-state index contributed by atoms with van der Waals surface area (Å²) in [6.45, 7) is 1.83. The molecule has 0 atom stereocenters. The SMILES string of the molecule is Cc1nc2ncnc(NN=Cc3ccc([N+](=O)[O-])cc3)c2[nH]1. The minimum Gasteiger partial charge on any atom is -0.338 e. The fourth-order valence-corrected chi connectivity index (χ4v) is 1.88. The number of hydrazone groups is 1. The molecule has 3 rings (SSSR count). The Labute approximate surface area is 124 Å². The number of imidazole rings is 1. The molecule has 2 N–H and O–H groups in total. The van der Waals surface area contributed by atoms with Crippen molar-refractivity contribution in [3.05, 3.63) is 52.1 Å². The lowest BCUT2D eigenvalue weighted by atomic mass is 10.2. The normalized spacial score (nSPS) is 11.1. The van der Waals surface area contributed by atoms with Crippen LogP contribution in [0, 0.1) is 17.0 Å². The van der Waals surface area contributed by atoms with Gasteiger partial charge in [-0.15, -0.1) is 0 Å². The maximum absolute atomic E-state index is 10.6. The number of benzene rings is 1. The van der Waals surface area contributed by atoms with Crippen LogP contribution in [0.4, 0.5) is 11.5 Å². The zero-order valence-electron chi connectivity index (χ0n) is 11.5. The monoisotopic (exact) mass is 297 g/mol. The molecule has 3 aromatic rings. The van der Waals surface area contributed by atoms with Crippen LogP contribution < -0.4 is 5.43 Å². The van der Waals surface area contributed by atoms with Crippen molar-refractivity contribution in [1.29, 1.82) is 0 Å². The molecular formula is C13H11N7O2. The number of hydrogen-bond acceptors (Lipinski definition) is 7. The van der Waals surface area contributed by atoms with E-state index in [9.17, 15) is 10.1 Å². The standard InChI is InChI=1S/C13H11N7O2/c1-8-17-11-12(18-8)14-7-15-13(11)19-16-6-9-2-4-10(5-3-9)20(21)22/h2-7H,1H3,(H2,14,15,17,18,19). The number of aromatic amines is 1. The van der Waals surface area contributed by atoms with Crippen molar-refractivity contribution in [2.24, 2.45) is 5.10 Å². The van der Waals surface area contributed by atoms with E-state index in [-0.39, 0.29) is 5.69 Å². The van der Waals surface area contributed by atoms with Crippen molar-refractivity contribution in [2.45, 2.75) is 6.92 Å². The van der Waals surface area contributed by atoms with E-state index in [4.69, 9.17) is 0 Å².